The van der Waals surface area contributed by atoms with Gasteiger partial charge in [-0.15, -0.1) is 0 Å². The molecule has 94 valence electrons. The maximum absolute atomic E-state index is 13.5. The number of benzene rings is 1. The van der Waals surface area contributed by atoms with E-state index in [2.05, 4.69) is 0 Å². The van der Waals surface area contributed by atoms with Crippen molar-refractivity contribution in [1.82, 2.24) is 0 Å². The van der Waals surface area contributed by atoms with E-state index >= 15 is 0 Å². The van der Waals surface area contributed by atoms with Gasteiger partial charge < -0.3 is 9.84 Å². The Bertz CT molecular complexity index is 413. The van der Waals surface area contributed by atoms with Crippen LogP contribution in [-0.4, -0.2) is 17.7 Å². The van der Waals surface area contributed by atoms with Gasteiger partial charge in [0.1, 0.15) is 0 Å². The first-order valence-corrected chi connectivity index (χ1v) is 5.46. The summed E-state index contributed by atoms with van der Waals surface area (Å²) in [5.41, 5.74) is -0.347. The Balaban J connectivity index is 2.58. The first-order chi connectivity index (χ1) is 7.84. The summed E-state index contributed by atoms with van der Waals surface area (Å²) in [5, 5.41) is 8.91. The number of aliphatic carboxylic acids is 1. The van der Waals surface area contributed by atoms with Crippen LogP contribution in [0.1, 0.15) is 25.8 Å². The van der Waals surface area contributed by atoms with E-state index in [0.29, 0.717) is 12.0 Å². The lowest BCUT2D eigenvalue weighted by atomic mass is 9.90. The lowest BCUT2D eigenvalue weighted by molar-refractivity contribution is -0.147. The number of halogens is 1. The molecule has 0 heterocycles. The highest BCUT2D eigenvalue weighted by atomic mass is 19.1. The summed E-state index contributed by atoms with van der Waals surface area (Å²) >= 11 is 0. The normalized spacial score (nSPS) is 11.3. The van der Waals surface area contributed by atoms with E-state index in [1.807, 2.05) is 0 Å². The van der Waals surface area contributed by atoms with Gasteiger partial charge >= 0.3 is 5.97 Å². The summed E-state index contributed by atoms with van der Waals surface area (Å²) in [4.78, 5) is 10.9. The van der Waals surface area contributed by atoms with Crippen molar-refractivity contribution in [3.05, 3.63) is 29.6 Å². The highest BCUT2D eigenvalue weighted by molar-refractivity contribution is 5.73. The van der Waals surface area contributed by atoms with E-state index in [1.54, 1.807) is 32.9 Å². The van der Waals surface area contributed by atoms with Crippen LogP contribution in [0, 0.1) is 18.2 Å². The third-order valence-electron chi connectivity index (χ3n) is 2.72. The first kappa shape index (κ1) is 13.5. The molecular formula is C13H17FO3. The fraction of sp³-hybridized carbons (Fsp3) is 0.462. The molecular weight excluding hydrogens is 223 g/mol. The van der Waals surface area contributed by atoms with Crippen molar-refractivity contribution in [1.29, 1.82) is 0 Å². The van der Waals surface area contributed by atoms with Gasteiger partial charge in [0.05, 0.1) is 12.0 Å². The second-order valence-electron chi connectivity index (χ2n) is 4.67. The average molecular weight is 240 g/mol. The maximum Gasteiger partial charge on any atom is 0.309 e. The van der Waals surface area contributed by atoms with Crippen LogP contribution >= 0.6 is 0 Å². The van der Waals surface area contributed by atoms with Crippen LogP contribution in [0.2, 0.25) is 0 Å². The van der Waals surface area contributed by atoms with Gasteiger partial charge in [0, 0.05) is 0 Å². The van der Waals surface area contributed by atoms with Gasteiger partial charge in [-0.05, 0) is 38.8 Å². The minimum absolute atomic E-state index is 0.172. The molecule has 0 aliphatic carbocycles. The van der Waals surface area contributed by atoms with Crippen molar-refractivity contribution in [3.8, 4) is 5.75 Å². The smallest absolute Gasteiger partial charge is 0.309 e. The largest absolute Gasteiger partial charge is 0.490 e. The van der Waals surface area contributed by atoms with Gasteiger partial charge in [-0.3, -0.25) is 4.79 Å². The zero-order valence-electron chi connectivity index (χ0n) is 10.3. The highest BCUT2D eigenvalue weighted by Crippen LogP contribution is 2.23. The van der Waals surface area contributed by atoms with E-state index in [4.69, 9.17) is 9.84 Å². The predicted molar refractivity (Wildman–Crippen MR) is 62.7 cm³/mol. The minimum Gasteiger partial charge on any atom is -0.490 e. The lowest BCUT2D eigenvalue weighted by Gasteiger charge is -2.19. The van der Waals surface area contributed by atoms with E-state index in [9.17, 15) is 9.18 Å². The maximum atomic E-state index is 13.5. The van der Waals surface area contributed by atoms with Crippen molar-refractivity contribution in [3.63, 3.8) is 0 Å². The number of carbonyl (C=O) groups is 1. The van der Waals surface area contributed by atoms with Crippen LogP contribution in [0.5, 0.6) is 5.75 Å². The molecule has 0 aliphatic heterocycles. The number of hydrogen-bond acceptors (Lipinski definition) is 2. The van der Waals surface area contributed by atoms with Crippen LogP contribution in [0.15, 0.2) is 18.2 Å². The number of hydrogen-bond donors (Lipinski definition) is 1. The molecule has 0 saturated carbocycles. The Kier molecular flexibility index (Phi) is 4.10. The quantitative estimate of drug-likeness (QED) is 0.860. The molecule has 1 aromatic carbocycles. The molecule has 0 saturated heterocycles. The fourth-order valence-electron chi connectivity index (χ4n) is 1.26. The first-order valence-electron chi connectivity index (χ1n) is 5.46. The molecule has 0 spiro atoms. The third kappa shape index (κ3) is 3.44. The van der Waals surface area contributed by atoms with E-state index in [-0.39, 0.29) is 18.2 Å². The van der Waals surface area contributed by atoms with Crippen molar-refractivity contribution in [2.24, 2.45) is 5.41 Å². The van der Waals surface area contributed by atoms with Gasteiger partial charge in [0.2, 0.25) is 0 Å². The van der Waals surface area contributed by atoms with Crippen LogP contribution in [0.4, 0.5) is 4.39 Å². The Morgan fingerprint density at radius 1 is 1.47 bits per heavy atom. The highest BCUT2D eigenvalue weighted by Gasteiger charge is 2.26. The van der Waals surface area contributed by atoms with Crippen molar-refractivity contribution >= 4 is 5.97 Å². The molecule has 0 aromatic heterocycles. The summed E-state index contributed by atoms with van der Waals surface area (Å²) in [6.07, 6.45) is 0.329. The number of aryl methyl sites for hydroxylation is 1. The second kappa shape index (κ2) is 5.17. The summed E-state index contributed by atoms with van der Waals surface area (Å²) in [6.45, 7) is 5.07. The summed E-state index contributed by atoms with van der Waals surface area (Å²) in [6, 6.07) is 4.90. The predicted octanol–water partition coefficient (Wildman–Crippen LogP) is 3.01. The Hall–Kier alpha value is -1.58. The molecule has 1 aromatic rings. The molecule has 0 atom stereocenters. The second-order valence-corrected chi connectivity index (χ2v) is 4.67. The van der Waals surface area contributed by atoms with E-state index in [0.717, 1.165) is 0 Å². The van der Waals surface area contributed by atoms with E-state index in [1.165, 1.54) is 6.07 Å². The molecule has 0 unspecified atom stereocenters. The van der Waals surface area contributed by atoms with Gasteiger partial charge in [-0.1, -0.05) is 12.1 Å². The molecule has 17 heavy (non-hydrogen) atoms. The summed E-state index contributed by atoms with van der Waals surface area (Å²) in [5.74, 6) is -1.10. The monoisotopic (exact) mass is 240 g/mol. The minimum atomic E-state index is -0.884. The fourth-order valence-corrected chi connectivity index (χ4v) is 1.26. The van der Waals surface area contributed by atoms with Crippen LogP contribution in [0.25, 0.3) is 0 Å². The zero-order chi connectivity index (χ0) is 13.1. The molecule has 3 nitrogen and oxygen atoms in total. The number of rotatable bonds is 5. The summed E-state index contributed by atoms with van der Waals surface area (Å²) < 4.78 is 18.8. The Morgan fingerprint density at radius 2 is 2.12 bits per heavy atom. The van der Waals surface area contributed by atoms with Gasteiger partial charge in [0.15, 0.2) is 11.6 Å². The van der Waals surface area contributed by atoms with Crippen molar-refractivity contribution in [2.75, 3.05) is 6.61 Å². The molecule has 4 heteroatoms. The number of carboxylic acid groups (broad SMARTS) is 1. The number of ether oxygens (including phenoxy) is 1. The van der Waals surface area contributed by atoms with Crippen LogP contribution < -0.4 is 4.74 Å². The molecule has 0 aliphatic rings. The molecule has 0 amide bonds. The molecule has 0 radical (unpaired) electrons. The van der Waals surface area contributed by atoms with Gasteiger partial charge in [-0.2, -0.15) is 0 Å². The molecule has 0 fully saturated rings. The van der Waals surface area contributed by atoms with Gasteiger partial charge in [0.25, 0.3) is 0 Å². The average Bonchev–Trinajstić information content (AvgIpc) is 2.24. The zero-order valence-corrected chi connectivity index (χ0v) is 10.3. The Morgan fingerprint density at radius 3 is 2.71 bits per heavy atom. The van der Waals surface area contributed by atoms with Crippen molar-refractivity contribution < 1.29 is 19.0 Å². The SMILES string of the molecule is Cc1cccc(OCCC(C)(C)C(=O)O)c1F. The van der Waals surface area contributed by atoms with E-state index < -0.39 is 11.4 Å². The number of carboxylic acids is 1. The topological polar surface area (TPSA) is 46.5 Å². The Labute approximate surface area is 100 Å². The molecule has 1 N–H and O–H groups in total. The summed E-state index contributed by atoms with van der Waals surface area (Å²) in [7, 11) is 0. The molecule has 1 rings (SSSR count). The molecule has 0 bridgehead atoms. The third-order valence-corrected chi connectivity index (χ3v) is 2.72. The lowest BCUT2D eigenvalue weighted by Crippen LogP contribution is -2.26. The van der Waals surface area contributed by atoms with Crippen LogP contribution in [-0.2, 0) is 4.79 Å². The van der Waals surface area contributed by atoms with Gasteiger partial charge in [-0.25, -0.2) is 4.39 Å². The van der Waals surface area contributed by atoms with Crippen molar-refractivity contribution in [2.45, 2.75) is 27.2 Å². The van der Waals surface area contributed by atoms with Crippen LogP contribution in [0.3, 0.4) is 0 Å². The standard InChI is InChI=1S/C13H17FO3/c1-9-5-4-6-10(11(9)14)17-8-7-13(2,3)12(15)16/h4-6H,7-8H2,1-3H3,(H,15,16).